The fourth-order valence-electron chi connectivity index (χ4n) is 4.16. The number of likely N-dealkylation sites (tertiary alicyclic amines) is 1. The number of nitrogens with one attached hydrogen (secondary N) is 3. The lowest BCUT2D eigenvalue weighted by atomic mass is 10.0. The third-order valence-corrected chi connectivity index (χ3v) is 7.26. The van der Waals surface area contributed by atoms with E-state index in [1.165, 1.54) is 18.2 Å². The molecule has 0 saturated carbocycles. The van der Waals surface area contributed by atoms with E-state index in [4.69, 9.17) is 0 Å². The average Bonchev–Trinajstić information content (AvgIpc) is 3.47. The van der Waals surface area contributed by atoms with E-state index in [1.54, 1.807) is 41.7 Å². The minimum absolute atomic E-state index is 0.0198. The highest BCUT2D eigenvalue weighted by Gasteiger charge is 2.27. The molecule has 1 amide bonds. The van der Waals surface area contributed by atoms with Crippen LogP contribution in [0, 0.1) is 0 Å². The largest absolute Gasteiger partial charge is 0.338 e. The summed E-state index contributed by atoms with van der Waals surface area (Å²) in [6.07, 6.45) is 7.04. The first-order valence-corrected chi connectivity index (χ1v) is 12.0. The number of aromatic amines is 2. The van der Waals surface area contributed by atoms with Gasteiger partial charge in [-0.2, -0.15) is 0 Å². The van der Waals surface area contributed by atoms with Crippen LogP contribution in [0.5, 0.6) is 0 Å². The Morgan fingerprint density at radius 1 is 1.06 bits per heavy atom. The Labute approximate surface area is 189 Å². The molecule has 1 aliphatic heterocycles. The lowest BCUT2D eigenvalue weighted by Crippen LogP contribution is -2.39. The minimum Gasteiger partial charge on any atom is -0.338 e. The number of benzene rings is 2. The van der Waals surface area contributed by atoms with E-state index in [0.29, 0.717) is 35.7 Å². The fourth-order valence-corrected chi connectivity index (χ4v) is 5.27. The third-order valence-electron chi connectivity index (χ3n) is 5.90. The van der Waals surface area contributed by atoms with Crippen molar-refractivity contribution in [3.63, 3.8) is 0 Å². The zero-order chi connectivity index (χ0) is 23.0. The van der Waals surface area contributed by atoms with Crippen LogP contribution in [-0.4, -0.2) is 51.8 Å². The van der Waals surface area contributed by atoms with Gasteiger partial charge in [0.05, 0.1) is 33.5 Å². The second-order valence-corrected chi connectivity index (χ2v) is 9.65. The molecule has 10 nitrogen and oxygen atoms in total. The molecule has 1 saturated heterocycles. The van der Waals surface area contributed by atoms with Crippen LogP contribution in [0.1, 0.15) is 29.2 Å². The lowest BCUT2D eigenvalue weighted by molar-refractivity contribution is 0.0695. The first-order chi connectivity index (χ1) is 15.9. The molecule has 0 radical (unpaired) electrons. The number of carbonyl (C=O) groups excluding carboxylic acids is 1. The van der Waals surface area contributed by atoms with Gasteiger partial charge in [0.25, 0.3) is 15.9 Å². The van der Waals surface area contributed by atoms with E-state index >= 15 is 0 Å². The zero-order valence-electron chi connectivity index (χ0n) is 17.6. The summed E-state index contributed by atoms with van der Waals surface area (Å²) in [6, 6.07) is 11.2. The molecule has 0 bridgehead atoms. The number of para-hydroxylation sites is 1. The number of aromatic nitrogens is 4. The summed E-state index contributed by atoms with van der Waals surface area (Å²) in [5.41, 5.74) is 0.974. The van der Waals surface area contributed by atoms with Crippen molar-refractivity contribution < 1.29 is 13.2 Å². The molecule has 4 aromatic rings. The summed E-state index contributed by atoms with van der Waals surface area (Å²) in [7, 11) is -3.99. The molecule has 0 atom stereocenters. The van der Waals surface area contributed by atoms with E-state index in [-0.39, 0.29) is 16.5 Å². The van der Waals surface area contributed by atoms with Crippen molar-refractivity contribution in [3.8, 4) is 0 Å². The van der Waals surface area contributed by atoms with Crippen molar-refractivity contribution in [2.75, 3.05) is 17.8 Å². The average molecular weight is 467 g/mol. The Kier molecular flexibility index (Phi) is 5.25. The van der Waals surface area contributed by atoms with E-state index in [0.717, 1.165) is 12.8 Å². The number of carbonyl (C=O) groups is 1. The first kappa shape index (κ1) is 21.0. The van der Waals surface area contributed by atoms with Crippen molar-refractivity contribution in [1.82, 2.24) is 24.4 Å². The molecule has 0 spiro atoms. The zero-order valence-corrected chi connectivity index (χ0v) is 18.4. The van der Waals surface area contributed by atoms with Crippen LogP contribution in [0.2, 0.25) is 0 Å². The molecule has 33 heavy (non-hydrogen) atoms. The Morgan fingerprint density at radius 3 is 2.58 bits per heavy atom. The van der Waals surface area contributed by atoms with Crippen molar-refractivity contribution >= 4 is 32.7 Å². The summed E-state index contributed by atoms with van der Waals surface area (Å²) in [5.74, 6) is -0.220. The maximum Gasteiger partial charge on any atom is 0.323 e. The Balaban J connectivity index is 1.36. The molecule has 1 fully saturated rings. The van der Waals surface area contributed by atoms with E-state index in [1.807, 2.05) is 6.20 Å². The predicted molar refractivity (Wildman–Crippen MR) is 123 cm³/mol. The van der Waals surface area contributed by atoms with Crippen molar-refractivity contribution in [2.45, 2.75) is 23.8 Å². The summed E-state index contributed by atoms with van der Waals surface area (Å²) in [5, 5.41) is 0. The third kappa shape index (κ3) is 4.14. The van der Waals surface area contributed by atoms with Crippen molar-refractivity contribution in [2.24, 2.45) is 0 Å². The number of piperidine rings is 1. The van der Waals surface area contributed by atoms with E-state index in [9.17, 15) is 18.0 Å². The van der Waals surface area contributed by atoms with Gasteiger partial charge in [0, 0.05) is 31.5 Å². The maximum atomic E-state index is 13.2. The van der Waals surface area contributed by atoms with Gasteiger partial charge in [-0.15, -0.1) is 0 Å². The fraction of sp³-hybridized carbons (Fsp3) is 0.227. The molecule has 5 rings (SSSR count). The topological polar surface area (TPSA) is 133 Å². The van der Waals surface area contributed by atoms with Crippen LogP contribution in [0.15, 0.2) is 70.9 Å². The molecule has 170 valence electrons. The minimum atomic E-state index is -3.99. The molecule has 0 unspecified atom stereocenters. The lowest BCUT2D eigenvalue weighted by Gasteiger charge is -2.33. The van der Waals surface area contributed by atoms with Crippen molar-refractivity contribution in [1.29, 1.82) is 0 Å². The van der Waals surface area contributed by atoms with Gasteiger partial charge in [0.15, 0.2) is 0 Å². The number of anilines is 1. The summed E-state index contributed by atoms with van der Waals surface area (Å²) < 4.78 is 30.7. The highest BCUT2D eigenvalue weighted by molar-refractivity contribution is 7.92. The van der Waals surface area contributed by atoms with Gasteiger partial charge in [-0.1, -0.05) is 12.1 Å². The number of sulfonamides is 1. The molecule has 3 N–H and O–H groups in total. The number of imidazole rings is 2. The number of hydrogen-bond donors (Lipinski definition) is 3. The predicted octanol–water partition coefficient (Wildman–Crippen LogP) is 2.33. The second-order valence-electron chi connectivity index (χ2n) is 7.97. The summed E-state index contributed by atoms with van der Waals surface area (Å²) >= 11 is 0. The highest BCUT2D eigenvalue weighted by atomic mass is 32.2. The Hall–Kier alpha value is -3.86. The summed E-state index contributed by atoms with van der Waals surface area (Å²) in [4.78, 5) is 35.7. The number of rotatable bonds is 5. The molecular weight excluding hydrogens is 444 g/mol. The SMILES string of the molecule is O=C(c1ccccc1NS(=O)(=O)c1ccc2[nH]c(=O)[nH]c2c1)N1CCC(n2ccnc2)CC1. The van der Waals surface area contributed by atoms with Gasteiger partial charge in [0.1, 0.15) is 0 Å². The van der Waals surface area contributed by atoms with Crippen molar-refractivity contribution in [3.05, 3.63) is 77.2 Å². The Bertz CT molecular complexity index is 1460. The number of fused-ring (bicyclic) bond motifs is 1. The van der Waals surface area contributed by atoms with E-state index < -0.39 is 15.7 Å². The normalized spacial score (nSPS) is 15.1. The smallest absolute Gasteiger partial charge is 0.323 e. The standard InChI is InChI=1S/C22H22N6O4S/c29-21(27-10-7-15(8-11-27)28-12-9-23-14-28)17-3-1-2-4-18(17)26-33(31,32)16-5-6-19-20(13-16)25-22(30)24-19/h1-6,9,12-15,26H,7-8,10-11H2,(H2,24,25,30). The molecule has 2 aromatic heterocycles. The second kappa shape index (κ2) is 8.24. The molecule has 3 heterocycles. The highest BCUT2D eigenvalue weighted by Crippen LogP contribution is 2.27. The number of H-pyrrole nitrogens is 2. The van der Waals surface area contributed by atoms with Gasteiger partial charge in [-0.25, -0.2) is 18.2 Å². The number of amides is 1. The molecule has 2 aromatic carbocycles. The van der Waals surface area contributed by atoms with Crippen LogP contribution in [0.25, 0.3) is 11.0 Å². The monoisotopic (exact) mass is 466 g/mol. The number of hydrogen-bond acceptors (Lipinski definition) is 5. The van der Waals surface area contributed by atoms with Gasteiger partial charge in [0.2, 0.25) is 0 Å². The van der Waals surface area contributed by atoms with Gasteiger partial charge in [-0.3, -0.25) is 9.52 Å². The van der Waals surface area contributed by atoms with Crippen LogP contribution in [-0.2, 0) is 10.0 Å². The molecule has 0 aliphatic carbocycles. The van der Waals surface area contributed by atoms with Gasteiger partial charge in [-0.05, 0) is 43.2 Å². The summed E-state index contributed by atoms with van der Waals surface area (Å²) in [6.45, 7) is 1.14. The van der Waals surface area contributed by atoms with Crippen LogP contribution in [0.4, 0.5) is 5.69 Å². The first-order valence-electron chi connectivity index (χ1n) is 10.5. The van der Waals surface area contributed by atoms with Crippen LogP contribution >= 0.6 is 0 Å². The van der Waals surface area contributed by atoms with Crippen LogP contribution in [0.3, 0.4) is 0 Å². The molecule has 11 heteroatoms. The molecule has 1 aliphatic rings. The Morgan fingerprint density at radius 2 is 1.82 bits per heavy atom. The quantitative estimate of drug-likeness (QED) is 0.415. The van der Waals surface area contributed by atoms with E-state index in [2.05, 4.69) is 24.2 Å². The number of nitrogens with zero attached hydrogens (tertiary/aromatic N) is 3. The van der Waals surface area contributed by atoms with Crippen LogP contribution < -0.4 is 10.4 Å². The molecular formula is C22H22N6O4S. The maximum absolute atomic E-state index is 13.2. The van der Waals surface area contributed by atoms with Gasteiger partial charge >= 0.3 is 5.69 Å². The van der Waals surface area contributed by atoms with Gasteiger partial charge < -0.3 is 19.4 Å².